The molecule has 0 radical (unpaired) electrons. The SMILES string of the molecule is C=C/C=C\C=C(/C=C)S(=O)(=O)C(/C=C\C=C)=C/C=C. The number of hydrogen-bond donors (Lipinski definition) is 0. The summed E-state index contributed by atoms with van der Waals surface area (Å²) in [4.78, 5) is 0.230. The minimum Gasteiger partial charge on any atom is -0.219 e. The van der Waals surface area contributed by atoms with E-state index < -0.39 is 9.84 Å². The van der Waals surface area contributed by atoms with E-state index in [1.165, 1.54) is 36.5 Å². The Hall–Kier alpha value is -2.13. The third-order valence-electron chi connectivity index (χ3n) is 2.01. The highest BCUT2D eigenvalue weighted by atomic mass is 32.2. The first kappa shape index (κ1) is 16.9. The van der Waals surface area contributed by atoms with E-state index in [1.54, 1.807) is 24.3 Å². The fraction of sp³-hybridized carbons (Fsp3) is 0. The first-order valence-electron chi connectivity index (χ1n) is 5.53. The van der Waals surface area contributed by atoms with Gasteiger partial charge in [0.2, 0.25) is 9.84 Å². The molecule has 0 heterocycles. The van der Waals surface area contributed by atoms with Crippen molar-refractivity contribution in [1.82, 2.24) is 0 Å². The van der Waals surface area contributed by atoms with Crippen LogP contribution in [0.4, 0.5) is 0 Å². The van der Waals surface area contributed by atoms with Gasteiger partial charge in [0, 0.05) is 0 Å². The number of allylic oxidation sites excluding steroid dienone is 10. The molecule has 19 heavy (non-hydrogen) atoms. The summed E-state index contributed by atoms with van der Waals surface area (Å²) >= 11 is 0. The molecule has 0 unspecified atom stereocenters. The minimum atomic E-state index is -3.62. The van der Waals surface area contributed by atoms with Crippen LogP contribution in [0.15, 0.2) is 96.9 Å². The van der Waals surface area contributed by atoms with Gasteiger partial charge < -0.3 is 0 Å². The van der Waals surface area contributed by atoms with Crippen molar-refractivity contribution in [3.05, 3.63) is 96.9 Å². The zero-order chi connectivity index (χ0) is 14.7. The zero-order valence-corrected chi connectivity index (χ0v) is 11.6. The molecule has 0 fully saturated rings. The van der Waals surface area contributed by atoms with Crippen molar-refractivity contribution in [2.24, 2.45) is 0 Å². The monoisotopic (exact) mass is 274 g/mol. The Morgan fingerprint density at radius 1 is 0.737 bits per heavy atom. The summed E-state index contributed by atoms with van der Waals surface area (Å²) in [6, 6.07) is 0. The maximum Gasteiger partial charge on any atom is 0.206 e. The molecule has 100 valence electrons. The fourth-order valence-electron chi connectivity index (χ4n) is 1.15. The third kappa shape index (κ3) is 5.36. The maximum absolute atomic E-state index is 12.4. The Kier molecular flexibility index (Phi) is 7.89. The van der Waals surface area contributed by atoms with Crippen LogP contribution in [-0.4, -0.2) is 8.42 Å². The summed E-state index contributed by atoms with van der Waals surface area (Å²) in [6.45, 7) is 14.1. The highest BCUT2D eigenvalue weighted by Crippen LogP contribution is 2.20. The summed E-state index contributed by atoms with van der Waals surface area (Å²) in [5.41, 5.74) is 0. The predicted octanol–water partition coefficient (Wildman–Crippen LogP) is 4.03. The normalized spacial score (nSPS) is 13.7. The van der Waals surface area contributed by atoms with Crippen LogP contribution in [0.25, 0.3) is 0 Å². The van der Waals surface area contributed by atoms with Crippen molar-refractivity contribution in [1.29, 1.82) is 0 Å². The Balaban J connectivity index is 5.76. The molecular formula is C16H18O2S. The molecule has 0 saturated heterocycles. The Morgan fingerprint density at radius 2 is 1.37 bits per heavy atom. The van der Waals surface area contributed by atoms with Crippen LogP contribution in [0.3, 0.4) is 0 Å². The fourth-order valence-corrected chi connectivity index (χ4v) is 2.43. The van der Waals surface area contributed by atoms with Gasteiger partial charge in [0.05, 0.1) is 9.81 Å². The van der Waals surface area contributed by atoms with Crippen molar-refractivity contribution in [2.75, 3.05) is 0 Å². The largest absolute Gasteiger partial charge is 0.219 e. The Morgan fingerprint density at radius 3 is 1.84 bits per heavy atom. The van der Waals surface area contributed by atoms with Crippen molar-refractivity contribution in [2.45, 2.75) is 0 Å². The molecule has 0 N–H and O–H groups in total. The summed E-state index contributed by atoms with van der Waals surface area (Å²) in [5.74, 6) is 0. The van der Waals surface area contributed by atoms with Crippen LogP contribution in [0, 0.1) is 0 Å². The van der Waals surface area contributed by atoms with Gasteiger partial charge in [-0.15, -0.1) is 0 Å². The molecule has 2 nitrogen and oxygen atoms in total. The van der Waals surface area contributed by atoms with E-state index in [0.29, 0.717) is 0 Å². The van der Waals surface area contributed by atoms with E-state index in [-0.39, 0.29) is 9.81 Å². The van der Waals surface area contributed by atoms with Crippen LogP contribution in [0.5, 0.6) is 0 Å². The summed E-state index contributed by atoms with van der Waals surface area (Å²) in [6.07, 6.45) is 14.9. The molecule has 0 atom stereocenters. The van der Waals surface area contributed by atoms with Crippen molar-refractivity contribution in [3.8, 4) is 0 Å². The van der Waals surface area contributed by atoms with E-state index >= 15 is 0 Å². The van der Waals surface area contributed by atoms with Gasteiger partial charge in [-0.2, -0.15) is 0 Å². The van der Waals surface area contributed by atoms with Gasteiger partial charge in [0.1, 0.15) is 0 Å². The standard InChI is InChI=1S/C16H18O2S/c1-5-9-11-14-15(8-4)19(17,18)16(12-7-3)13-10-6-2/h5-14H,1-4H2/b11-9-,13-10-,15-14+,16-12+. The molecular weight excluding hydrogens is 256 g/mol. The lowest BCUT2D eigenvalue weighted by molar-refractivity contribution is 0.609. The van der Waals surface area contributed by atoms with Gasteiger partial charge in [-0.1, -0.05) is 68.8 Å². The molecule has 0 aliphatic rings. The quantitative estimate of drug-likeness (QED) is 0.626. The van der Waals surface area contributed by atoms with E-state index in [9.17, 15) is 8.42 Å². The smallest absolute Gasteiger partial charge is 0.206 e. The van der Waals surface area contributed by atoms with Crippen molar-refractivity contribution < 1.29 is 8.42 Å². The lowest BCUT2D eigenvalue weighted by Gasteiger charge is -2.05. The molecule has 0 bridgehead atoms. The number of sulfone groups is 1. The van der Waals surface area contributed by atoms with E-state index in [4.69, 9.17) is 0 Å². The van der Waals surface area contributed by atoms with Gasteiger partial charge in [-0.05, 0) is 18.2 Å². The zero-order valence-electron chi connectivity index (χ0n) is 10.8. The van der Waals surface area contributed by atoms with Gasteiger partial charge in [0.15, 0.2) is 0 Å². The predicted molar refractivity (Wildman–Crippen MR) is 84.2 cm³/mol. The topological polar surface area (TPSA) is 34.1 Å². The molecule has 0 rings (SSSR count). The van der Waals surface area contributed by atoms with Gasteiger partial charge in [0.25, 0.3) is 0 Å². The average Bonchev–Trinajstić information content (AvgIpc) is 2.39. The summed E-state index contributed by atoms with van der Waals surface area (Å²) in [7, 11) is -3.62. The molecule has 0 spiro atoms. The Bertz CT molecular complexity index is 568. The van der Waals surface area contributed by atoms with Crippen LogP contribution < -0.4 is 0 Å². The van der Waals surface area contributed by atoms with Crippen LogP contribution in [0.1, 0.15) is 0 Å². The van der Waals surface area contributed by atoms with Crippen LogP contribution in [-0.2, 0) is 9.84 Å². The molecule has 0 amide bonds. The number of hydrogen-bond acceptors (Lipinski definition) is 2. The van der Waals surface area contributed by atoms with E-state index in [1.807, 2.05) is 0 Å². The molecule has 0 aliphatic heterocycles. The lowest BCUT2D eigenvalue weighted by Crippen LogP contribution is -2.04. The second-order valence-electron chi connectivity index (χ2n) is 3.30. The maximum atomic E-state index is 12.4. The highest BCUT2D eigenvalue weighted by molar-refractivity contribution is 7.99. The molecule has 3 heteroatoms. The molecule has 0 aromatic carbocycles. The second kappa shape index (κ2) is 8.89. The molecule has 0 saturated carbocycles. The summed E-state index contributed by atoms with van der Waals surface area (Å²) in [5, 5.41) is 0. The minimum absolute atomic E-state index is 0.104. The molecule has 0 aromatic heterocycles. The van der Waals surface area contributed by atoms with Gasteiger partial charge in [-0.3, -0.25) is 0 Å². The molecule has 0 aromatic rings. The summed E-state index contributed by atoms with van der Waals surface area (Å²) < 4.78 is 24.7. The average molecular weight is 274 g/mol. The first-order valence-corrected chi connectivity index (χ1v) is 7.01. The van der Waals surface area contributed by atoms with E-state index in [2.05, 4.69) is 26.3 Å². The van der Waals surface area contributed by atoms with Crippen LogP contribution in [0.2, 0.25) is 0 Å². The van der Waals surface area contributed by atoms with E-state index in [0.717, 1.165) is 0 Å². The third-order valence-corrected chi connectivity index (χ3v) is 3.82. The van der Waals surface area contributed by atoms with Crippen molar-refractivity contribution >= 4 is 9.84 Å². The highest BCUT2D eigenvalue weighted by Gasteiger charge is 2.18. The molecule has 0 aliphatic carbocycles. The van der Waals surface area contributed by atoms with Gasteiger partial charge >= 0.3 is 0 Å². The first-order chi connectivity index (χ1) is 9.04. The lowest BCUT2D eigenvalue weighted by atomic mass is 10.4. The van der Waals surface area contributed by atoms with Gasteiger partial charge in [-0.25, -0.2) is 8.42 Å². The second-order valence-corrected chi connectivity index (χ2v) is 5.25. The number of rotatable bonds is 8. The van der Waals surface area contributed by atoms with Crippen LogP contribution >= 0.6 is 0 Å². The van der Waals surface area contributed by atoms with Crippen molar-refractivity contribution in [3.63, 3.8) is 0 Å². The Labute approximate surface area is 115 Å².